The standard InChI is InChI=1S/C21H27NO2/c1-3-8-21-10-6-13(23)11-17(21)18(22)12-14-15-4-5-19(24)20(15,2)9-7-16(14)21/h1,11,14-16,18H,4-10,12,22H2,2H3/t14-,15-,16-,18-,20-,21+/m0/s1. The second-order valence-corrected chi connectivity index (χ2v) is 8.74. The van der Waals surface area contributed by atoms with E-state index in [1.54, 1.807) is 0 Å². The first-order chi connectivity index (χ1) is 11.4. The zero-order valence-corrected chi connectivity index (χ0v) is 14.5. The Morgan fingerprint density at radius 2 is 2.04 bits per heavy atom. The van der Waals surface area contributed by atoms with Crippen molar-refractivity contribution >= 4 is 11.6 Å². The highest BCUT2D eigenvalue weighted by molar-refractivity contribution is 5.92. The topological polar surface area (TPSA) is 60.2 Å². The van der Waals surface area contributed by atoms with E-state index in [1.165, 1.54) is 0 Å². The molecule has 0 aromatic carbocycles. The Labute approximate surface area is 144 Å². The van der Waals surface area contributed by atoms with Crippen molar-refractivity contribution in [3.63, 3.8) is 0 Å². The van der Waals surface area contributed by atoms with Crippen molar-refractivity contribution in [2.75, 3.05) is 0 Å². The maximum absolute atomic E-state index is 12.5. The highest BCUT2D eigenvalue weighted by atomic mass is 16.1. The van der Waals surface area contributed by atoms with Crippen LogP contribution in [0.1, 0.15) is 58.3 Å². The van der Waals surface area contributed by atoms with Gasteiger partial charge in [-0.2, -0.15) is 0 Å². The molecule has 0 spiro atoms. The van der Waals surface area contributed by atoms with Gasteiger partial charge in [-0.1, -0.05) is 6.92 Å². The molecule has 0 saturated heterocycles. The number of ketones is 2. The molecule has 4 rings (SSSR count). The second-order valence-electron chi connectivity index (χ2n) is 8.74. The van der Waals surface area contributed by atoms with E-state index in [1.807, 2.05) is 6.08 Å². The third-order valence-corrected chi connectivity index (χ3v) is 7.91. The van der Waals surface area contributed by atoms with Gasteiger partial charge in [0.25, 0.3) is 0 Å². The maximum atomic E-state index is 12.5. The van der Waals surface area contributed by atoms with Crippen molar-refractivity contribution < 1.29 is 9.59 Å². The summed E-state index contributed by atoms with van der Waals surface area (Å²) in [6.07, 6.45) is 14.3. The number of nitrogens with two attached hydrogens (primary N) is 1. The number of terminal acetylenes is 1. The molecule has 4 aliphatic carbocycles. The Bertz CT molecular complexity index is 672. The van der Waals surface area contributed by atoms with E-state index >= 15 is 0 Å². The molecule has 0 aliphatic heterocycles. The van der Waals surface area contributed by atoms with Gasteiger partial charge in [0.2, 0.25) is 0 Å². The van der Waals surface area contributed by atoms with Gasteiger partial charge in [-0.3, -0.25) is 9.59 Å². The molecule has 128 valence electrons. The number of fused-ring (bicyclic) bond motifs is 5. The van der Waals surface area contributed by atoms with Gasteiger partial charge >= 0.3 is 0 Å². The van der Waals surface area contributed by atoms with Crippen LogP contribution in [0.5, 0.6) is 0 Å². The van der Waals surface area contributed by atoms with Crippen LogP contribution >= 0.6 is 0 Å². The zero-order valence-electron chi connectivity index (χ0n) is 14.5. The van der Waals surface area contributed by atoms with E-state index in [0.717, 1.165) is 44.1 Å². The fourth-order valence-electron chi connectivity index (χ4n) is 6.75. The van der Waals surface area contributed by atoms with Crippen LogP contribution in [0.3, 0.4) is 0 Å². The predicted octanol–water partition coefficient (Wildman–Crippen LogP) is 3.03. The van der Waals surface area contributed by atoms with Crippen LogP contribution < -0.4 is 5.73 Å². The summed E-state index contributed by atoms with van der Waals surface area (Å²) in [5.41, 5.74) is 7.43. The summed E-state index contributed by atoms with van der Waals surface area (Å²) in [7, 11) is 0. The molecule has 0 aromatic rings. The van der Waals surface area contributed by atoms with Crippen molar-refractivity contribution in [2.24, 2.45) is 34.3 Å². The van der Waals surface area contributed by atoms with Crippen LogP contribution in [-0.4, -0.2) is 17.6 Å². The molecule has 0 radical (unpaired) electrons. The molecule has 0 amide bonds. The molecule has 0 bridgehead atoms. The highest BCUT2D eigenvalue weighted by Crippen LogP contribution is 2.65. The molecule has 0 aromatic heterocycles. The summed E-state index contributed by atoms with van der Waals surface area (Å²) in [4.78, 5) is 24.5. The van der Waals surface area contributed by atoms with Crippen LogP contribution in [0, 0.1) is 40.9 Å². The number of carbonyl (C=O) groups is 2. The number of hydrogen-bond donors (Lipinski definition) is 1. The maximum Gasteiger partial charge on any atom is 0.155 e. The lowest BCUT2D eigenvalue weighted by Gasteiger charge is -2.59. The lowest BCUT2D eigenvalue weighted by molar-refractivity contribution is -0.133. The van der Waals surface area contributed by atoms with Gasteiger partial charge in [-0.15, -0.1) is 12.3 Å². The number of rotatable bonds is 1. The molecule has 3 saturated carbocycles. The van der Waals surface area contributed by atoms with E-state index in [0.29, 0.717) is 36.4 Å². The van der Waals surface area contributed by atoms with Crippen molar-refractivity contribution in [1.29, 1.82) is 0 Å². The Morgan fingerprint density at radius 1 is 1.25 bits per heavy atom. The Kier molecular flexibility index (Phi) is 3.55. The Balaban J connectivity index is 1.79. The lowest BCUT2D eigenvalue weighted by Crippen LogP contribution is -2.56. The summed E-state index contributed by atoms with van der Waals surface area (Å²) in [6, 6.07) is -0.0816. The van der Waals surface area contributed by atoms with E-state index in [-0.39, 0.29) is 22.7 Å². The lowest BCUT2D eigenvalue weighted by atomic mass is 9.45. The predicted molar refractivity (Wildman–Crippen MR) is 92.9 cm³/mol. The molecule has 3 nitrogen and oxygen atoms in total. The van der Waals surface area contributed by atoms with Gasteiger partial charge in [0, 0.05) is 36.1 Å². The molecule has 24 heavy (non-hydrogen) atoms. The van der Waals surface area contributed by atoms with Gasteiger partial charge < -0.3 is 5.73 Å². The number of Topliss-reactive ketones (excluding diaryl/α,β-unsaturated/α-hetero) is 1. The minimum atomic E-state index is -0.149. The molecule has 3 fully saturated rings. The van der Waals surface area contributed by atoms with Crippen molar-refractivity contribution in [2.45, 2.75) is 64.3 Å². The fourth-order valence-corrected chi connectivity index (χ4v) is 6.75. The van der Waals surface area contributed by atoms with Crippen LogP contribution in [0.2, 0.25) is 0 Å². The smallest absolute Gasteiger partial charge is 0.155 e. The van der Waals surface area contributed by atoms with Crippen molar-refractivity contribution in [3.8, 4) is 12.3 Å². The SMILES string of the molecule is C#CC[C@]12CCC(=O)C=C1[C@@H](N)C[C@@H]1[C@@H]2CC[C@]2(C)C(=O)CC[C@@H]12. The molecule has 2 N–H and O–H groups in total. The van der Waals surface area contributed by atoms with Gasteiger partial charge in [-0.05, 0) is 61.5 Å². The molecule has 6 atom stereocenters. The largest absolute Gasteiger partial charge is 0.324 e. The first kappa shape index (κ1) is 16.1. The Morgan fingerprint density at radius 3 is 2.79 bits per heavy atom. The van der Waals surface area contributed by atoms with Crippen LogP contribution in [0.25, 0.3) is 0 Å². The van der Waals surface area contributed by atoms with Gasteiger partial charge in [0.15, 0.2) is 5.78 Å². The van der Waals surface area contributed by atoms with E-state index < -0.39 is 0 Å². The summed E-state index contributed by atoms with van der Waals surface area (Å²) < 4.78 is 0. The first-order valence-corrected chi connectivity index (χ1v) is 9.39. The highest BCUT2D eigenvalue weighted by Gasteiger charge is 2.61. The summed E-state index contributed by atoms with van der Waals surface area (Å²) in [6.45, 7) is 2.18. The summed E-state index contributed by atoms with van der Waals surface area (Å²) >= 11 is 0. The minimum absolute atomic E-state index is 0.0816. The Hall–Kier alpha value is -1.40. The third kappa shape index (κ3) is 1.96. The summed E-state index contributed by atoms with van der Waals surface area (Å²) in [5, 5.41) is 0. The molecule has 0 unspecified atom stereocenters. The van der Waals surface area contributed by atoms with E-state index in [4.69, 9.17) is 12.2 Å². The van der Waals surface area contributed by atoms with Crippen LogP contribution in [0.4, 0.5) is 0 Å². The molecule has 4 aliphatic rings. The van der Waals surface area contributed by atoms with Crippen LogP contribution in [0.15, 0.2) is 11.6 Å². The average Bonchev–Trinajstić information content (AvgIpc) is 2.85. The van der Waals surface area contributed by atoms with Crippen molar-refractivity contribution in [3.05, 3.63) is 11.6 Å². The number of hydrogen-bond acceptors (Lipinski definition) is 3. The summed E-state index contributed by atoms with van der Waals surface area (Å²) in [5.74, 6) is 4.95. The molecule has 3 heteroatoms. The number of carbonyl (C=O) groups excluding carboxylic acids is 2. The quantitative estimate of drug-likeness (QED) is 0.754. The van der Waals surface area contributed by atoms with Crippen LogP contribution in [-0.2, 0) is 9.59 Å². The fraction of sp³-hybridized carbons (Fsp3) is 0.714. The van der Waals surface area contributed by atoms with Crippen molar-refractivity contribution in [1.82, 2.24) is 0 Å². The average molecular weight is 325 g/mol. The van der Waals surface area contributed by atoms with E-state index in [9.17, 15) is 9.59 Å². The third-order valence-electron chi connectivity index (χ3n) is 7.91. The minimum Gasteiger partial charge on any atom is -0.324 e. The normalized spacial score (nSPS) is 47.3. The second kappa shape index (κ2) is 5.30. The van der Waals surface area contributed by atoms with E-state index in [2.05, 4.69) is 12.8 Å². The molecule has 0 heterocycles. The van der Waals surface area contributed by atoms with Gasteiger partial charge in [0.1, 0.15) is 5.78 Å². The monoisotopic (exact) mass is 325 g/mol. The molecular formula is C21H27NO2. The first-order valence-electron chi connectivity index (χ1n) is 9.39. The van der Waals surface area contributed by atoms with Gasteiger partial charge in [0.05, 0.1) is 0 Å². The zero-order chi connectivity index (χ0) is 17.1. The molecular weight excluding hydrogens is 298 g/mol. The van der Waals surface area contributed by atoms with Gasteiger partial charge in [-0.25, -0.2) is 0 Å².